The van der Waals surface area contributed by atoms with Crippen LogP contribution in [0.15, 0.2) is 84.1 Å². The monoisotopic (exact) mass is 621 g/mol. The van der Waals surface area contributed by atoms with E-state index in [-0.39, 0.29) is 11.7 Å². The number of aryl methyl sites for hydroxylation is 1. The number of hydrogen-bond donors (Lipinski definition) is 0. The van der Waals surface area contributed by atoms with Crippen LogP contribution in [0.3, 0.4) is 0 Å². The van der Waals surface area contributed by atoms with Crippen LogP contribution in [0.5, 0.6) is 5.75 Å². The minimum Gasteiger partial charge on any atom is -0.406 e. The summed E-state index contributed by atoms with van der Waals surface area (Å²) in [4.78, 5) is 24.0. The molecule has 230 valence electrons. The number of amidine groups is 1. The van der Waals surface area contributed by atoms with E-state index in [1.165, 1.54) is 40.8 Å². The molecule has 1 aromatic heterocycles. The van der Waals surface area contributed by atoms with Gasteiger partial charge in [0.2, 0.25) is 5.91 Å². The van der Waals surface area contributed by atoms with Gasteiger partial charge in [0.25, 0.3) is 0 Å². The Labute approximate surface area is 259 Å². The van der Waals surface area contributed by atoms with Crippen LogP contribution >= 0.6 is 11.8 Å². The lowest BCUT2D eigenvalue weighted by Gasteiger charge is -2.31. The van der Waals surface area contributed by atoms with Crippen LogP contribution in [-0.2, 0) is 17.6 Å². The minimum atomic E-state index is -4.74. The second kappa shape index (κ2) is 14.1. The molecule has 1 amide bonds. The largest absolute Gasteiger partial charge is 0.573 e. The molecule has 0 saturated carbocycles. The number of benzene rings is 3. The van der Waals surface area contributed by atoms with E-state index in [1.54, 1.807) is 11.8 Å². The number of anilines is 1. The number of nitrogens with zero attached hydrogens (tertiary/aromatic N) is 5. The minimum absolute atomic E-state index is 0.0836. The average molecular weight is 622 g/mol. The van der Waals surface area contributed by atoms with Gasteiger partial charge in [0.15, 0.2) is 11.0 Å². The maximum absolute atomic E-state index is 12.9. The number of aliphatic imine (C=N–C) groups is 1. The van der Waals surface area contributed by atoms with Crippen molar-refractivity contribution < 1.29 is 22.7 Å². The number of rotatable bonds is 10. The van der Waals surface area contributed by atoms with Gasteiger partial charge in [-0.15, -0.1) is 18.3 Å². The Morgan fingerprint density at radius 2 is 1.82 bits per heavy atom. The Hall–Kier alpha value is -4.12. The molecule has 0 aliphatic carbocycles. The first-order chi connectivity index (χ1) is 21.2. The summed E-state index contributed by atoms with van der Waals surface area (Å²) in [7, 11) is 0. The Balaban J connectivity index is 1.14. The summed E-state index contributed by atoms with van der Waals surface area (Å²) in [5.41, 5.74) is 4.92. The van der Waals surface area contributed by atoms with Crippen LogP contribution < -0.4 is 9.64 Å². The van der Waals surface area contributed by atoms with Crippen LogP contribution in [0, 0.1) is 5.92 Å². The SMILES string of the molecule is CCc1ccccc1N1CCCSC1=NC(=O)CCC(C)Cc1ccc(-c2ncn(-c3ccc(OC(F)(F)F)cc3)n2)cc1. The van der Waals surface area contributed by atoms with Crippen molar-refractivity contribution in [2.24, 2.45) is 10.9 Å². The van der Waals surface area contributed by atoms with E-state index in [9.17, 15) is 18.0 Å². The van der Waals surface area contributed by atoms with Gasteiger partial charge in [0.05, 0.1) is 5.69 Å². The van der Waals surface area contributed by atoms with Crippen LogP contribution in [0.1, 0.15) is 44.2 Å². The fourth-order valence-electron chi connectivity index (χ4n) is 5.10. The Kier molecular flexibility index (Phi) is 10.0. The molecule has 1 aliphatic rings. The van der Waals surface area contributed by atoms with Crippen molar-refractivity contribution in [3.63, 3.8) is 0 Å². The van der Waals surface area contributed by atoms with Crippen molar-refractivity contribution in [1.82, 2.24) is 14.8 Å². The third kappa shape index (κ3) is 8.28. The molecule has 0 bridgehead atoms. The van der Waals surface area contributed by atoms with Crippen LogP contribution in [0.4, 0.5) is 18.9 Å². The van der Waals surface area contributed by atoms with E-state index in [1.807, 2.05) is 36.4 Å². The zero-order chi connectivity index (χ0) is 31.1. The Morgan fingerprint density at radius 1 is 1.07 bits per heavy atom. The molecule has 2 heterocycles. The fraction of sp³-hybridized carbons (Fsp3) is 0.333. The number of thioether (sulfide) groups is 1. The summed E-state index contributed by atoms with van der Waals surface area (Å²) < 4.78 is 42.7. The van der Waals surface area contributed by atoms with Gasteiger partial charge < -0.3 is 9.64 Å². The van der Waals surface area contributed by atoms with Crippen molar-refractivity contribution >= 4 is 28.5 Å². The number of halogens is 3. The lowest BCUT2D eigenvalue weighted by Crippen LogP contribution is -2.35. The number of aromatic nitrogens is 3. The van der Waals surface area contributed by atoms with Crippen molar-refractivity contribution in [3.8, 4) is 22.8 Å². The molecule has 4 aromatic rings. The van der Waals surface area contributed by atoms with Gasteiger partial charge in [0, 0.05) is 30.0 Å². The molecule has 0 N–H and O–H groups in total. The van der Waals surface area contributed by atoms with E-state index >= 15 is 0 Å². The predicted molar refractivity (Wildman–Crippen MR) is 168 cm³/mol. The highest BCUT2D eigenvalue weighted by Gasteiger charge is 2.31. The number of alkyl halides is 3. The van der Waals surface area contributed by atoms with E-state index in [0.717, 1.165) is 60.0 Å². The van der Waals surface area contributed by atoms with E-state index in [0.29, 0.717) is 23.9 Å². The highest BCUT2D eigenvalue weighted by Crippen LogP contribution is 2.29. The molecule has 0 radical (unpaired) electrons. The third-order valence-electron chi connectivity index (χ3n) is 7.35. The molecule has 0 spiro atoms. The Bertz CT molecular complexity index is 1590. The van der Waals surface area contributed by atoms with Crippen molar-refractivity contribution in [2.45, 2.75) is 52.3 Å². The summed E-state index contributed by atoms with van der Waals surface area (Å²) in [6, 6.07) is 21.7. The van der Waals surface area contributed by atoms with Crippen molar-refractivity contribution in [2.75, 3.05) is 17.2 Å². The summed E-state index contributed by atoms with van der Waals surface area (Å²) in [5, 5.41) is 5.26. The van der Waals surface area contributed by atoms with E-state index in [4.69, 9.17) is 0 Å². The molecule has 1 saturated heterocycles. The van der Waals surface area contributed by atoms with E-state index in [2.05, 4.69) is 50.7 Å². The fourth-order valence-corrected chi connectivity index (χ4v) is 6.06. The first kappa shape index (κ1) is 31.3. The summed E-state index contributed by atoms with van der Waals surface area (Å²) in [5.74, 6) is 1.38. The maximum Gasteiger partial charge on any atom is 0.573 e. The van der Waals surface area contributed by atoms with Crippen molar-refractivity contribution in [3.05, 3.63) is 90.3 Å². The Morgan fingerprint density at radius 3 is 2.55 bits per heavy atom. The molecule has 1 atom stereocenters. The van der Waals surface area contributed by atoms with Crippen LogP contribution in [0.25, 0.3) is 17.1 Å². The smallest absolute Gasteiger partial charge is 0.406 e. The zero-order valence-corrected chi connectivity index (χ0v) is 25.4. The number of para-hydroxylation sites is 1. The maximum atomic E-state index is 12.9. The van der Waals surface area contributed by atoms with Gasteiger partial charge in [-0.2, -0.15) is 4.99 Å². The number of ether oxygens (including phenoxy) is 1. The van der Waals surface area contributed by atoms with Crippen molar-refractivity contribution in [1.29, 1.82) is 0 Å². The zero-order valence-electron chi connectivity index (χ0n) is 24.6. The lowest BCUT2D eigenvalue weighted by atomic mass is 9.96. The predicted octanol–water partition coefficient (Wildman–Crippen LogP) is 7.88. The van der Waals surface area contributed by atoms with Crippen LogP contribution in [0.2, 0.25) is 0 Å². The quantitative estimate of drug-likeness (QED) is 0.179. The molecule has 7 nitrogen and oxygen atoms in total. The summed E-state index contributed by atoms with van der Waals surface area (Å²) in [6.07, 6.45) is 0.724. The summed E-state index contributed by atoms with van der Waals surface area (Å²) >= 11 is 1.65. The first-order valence-corrected chi connectivity index (χ1v) is 15.6. The molecule has 11 heteroatoms. The first-order valence-electron chi connectivity index (χ1n) is 14.7. The number of carbonyl (C=O) groups excluding carboxylic acids is 1. The van der Waals surface area contributed by atoms with Gasteiger partial charge in [-0.05, 0) is 73.1 Å². The van der Waals surface area contributed by atoms with Gasteiger partial charge in [-0.1, -0.05) is 68.1 Å². The van der Waals surface area contributed by atoms with E-state index < -0.39 is 6.36 Å². The van der Waals surface area contributed by atoms with Crippen LogP contribution in [-0.4, -0.2) is 44.5 Å². The van der Waals surface area contributed by atoms with Gasteiger partial charge in [0.1, 0.15) is 12.1 Å². The topological polar surface area (TPSA) is 72.6 Å². The summed E-state index contributed by atoms with van der Waals surface area (Å²) in [6.45, 7) is 5.15. The third-order valence-corrected chi connectivity index (χ3v) is 8.41. The number of hydrogen-bond acceptors (Lipinski definition) is 5. The lowest BCUT2D eigenvalue weighted by molar-refractivity contribution is -0.274. The molecule has 1 unspecified atom stereocenters. The van der Waals surface area contributed by atoms with Gasteiger partial charge >= 0.3 is 6.36 Å². The highest BCUT2D eigenvalue weighted by atomic mass is 32.2. The second-order valence-electron chi connectivity index (χ2n) is 10.7. The van der Waals surface area contributed by atoms with Gasteiger partial charge in [-0.3, -0.25) is 4.79 Å². The normalized spacial score (nSPS) is 15.4. The number of carbonyl (C=O) groups is 1. The number of amides is 1. The van der Waals surface area contributed by atoms with Gasteiger partial charge in [-0.25, -0.2) is 9.67 Å². The average Bonchev–Trinajstić information content (AvgIpc) is 3.51. The molecular weight excluding hydrogens is 587 g/mol. The highest BCUT2D eigenvalue weighted by molar-refractivity contribution is 8.14. The second-order valence-corrected chi connectivity index (χ2v) is 11.8. The molecule has 1 fully saturated rings. The standard InChI is InChI=1S/C33H34F3N5O2S/c1-3-25-7-4-5-8-29(25)40-19-6-20-44-32(40)38-30(42)18-9-23(2)21-24-10-12-26(13-11-24)31-37-22-41(39-31)27-14-16-28(17-15-27)43-33(34,35)36/h4-5,7-8,10-17,22-23H,3,6,9,18-21H2,1-2H3. The molecular formula is C33H34F3N5O2S. The molecule has 1 aliphatic heterocycles. The molecule has 3 aromatic carbocycles. The molecule has 44 heavy (non-hydrogen) atoms. The molecule has 5 rings (SSSR count).